The highest BCUT2D eigenvalue weighted by atomic mass is 16.1. The third-order valence-corrected chi connectivity index (χ3v) is 2.63. The Hall–Kier alpha value is -0.620. The first-order chi connectivity index (χ1) is 6.03. The molecule has 0 amide bonds. The van der Waals surface area contributed by atoms with E-state index in [1.54, 1.807) is 6.08 Å². The minimum atomic E-state index is 0.394. The number of hydrogen-bond acceptors (Lipinski definition) is 2. The maximum Gasteiger partial charge on any atom is 0.234 e. The average Bonchev–Trinajstić information content (AvgIpc) is 1.97. The molecule has 0 bridgehead atoms. The molecule has 1 saturated carbocycles. The molecular formula is C11H18NO. The lowest BCUT2D eigenvalue weighted by molar-refractivity contribution is 0.208. The maximum atomic E-state index is 9.99. The largest absolute Gasteiger partial charge is 0.234 e. The zero-order valence-corrected chi connectivity index (χ0v) is 8.76. The highest BCUT2D eigenvalue weighted by molar-refractivity contribution is 5.33. The predicted molar refractivity (Wildman–Crippen MR) is 53.0 cm³/mol. The Labute approximate surface area is 80.4 Å². The Kier molecular flexibility index (Phi) is 3.27. The molecule has 0 aliphatic heterocycles. The molecule has 0 saturated heterocycles. The third kappa shape index (κ3) is 3.31. The van der Waals surface area contributed by atoms with Gasteiger partial charge in [0.15, 0.2) is 0 Å². The number of carbonyl (C=O) groups excluding carboxylic acids is 1. The van der Waals surface area contributed by atoms with Crippen molar-refractivity contribution in [2.75, 3.05) is 6.54 Å². The molecule has 2 nitrogen and oxygen atoms in total. The molecule has 1 fully saturated rings. The van der Waals surface area contributed by atoms with Crippen LogP contribution in [-0.2, 0) is 4.79 Å². The normalized spacial score (nSPS) is 28.1. The van der Waals surface area contributed by atoms with E-state index in [-0.39, 0.29) is 0 Å². The van der Waals surface area contributed by atoms with Crippen LogP contribution in [0.25, 0.3) is 0 Å². The average molecular weight is 180 g/mol. The van der Waals surface area contributed by atoms with E-state index in [0.717, 1.165) is 18.8 Å². The van der Waals surface area contributed by atoms with Crippen LogP contribution in [0, 0.1) is 17.3 Å². The van der Waals surface area contributed by atoms with Gasteiger partial charge in [0.25, 0.3) is 0 Å². The van der Waals surface area contributed by atoms with E-state index in [2.05, 4.69) is 25.8 Å². The molecule has 1 rings (SSSR count). The second-order valence-corrected chi connectivity index (χ2v) is 5.01. The first-order valence-electron chi connectivity index (χ1n) is 4.91. The van der Waals surface area contributed by atoms with Crippen LogP contribution in [-0.4, -0.2) is 12.6 Å². The van der Waals surface area contributed by atoms with Crippen LogP contribution >= 0.6 is 0 Å². The lowest BCUT2D eigenvalue weighted by Crippen LogP contribution is -2.27. The van der Waals surface area contributed by atoms with Gasteiger partial charge >= 0.3 is 0 Å². The molecule has 13 heavy (non-hydrogen) atoms. The summed E-state index contributed by atoms with van der Waals surface area (Å²) in [4.78, 5) is 13.6. The van der Waals surface area contributed by atoms with Crippen molar-refractivity contribution in [3.8, 4) is 0 Å². The summed E-state index contributed by atoms with van der Waals surface area (Å²) in [5, 5.41) is 0. The standard InChI is InChI=1S/C11H18NO/c1-9-4-10(7-12-8-13)6-11(2,3)5-9/h9H,4-7H2,1-3H3. The van der Waals surface area contributed by atoms with Crippen LogP contribution in [0.5, 0.6) is 0 Å². The minimum Gasteiger partial charge on any atom is -0.211 e. The van der Waals surface area contributed by atoms with Gasteiger partial charge in [-0.2, -0.15) is 0 Å². The lowest BCUT2D eigenvalue weighted by Gasteiger charge is -2.37. The van der Waals surface area contributed by atoms with Crippen molar-refractivity contribution < 1.29 is 4.79 Å². The number of hydrogen-bond donors (Lipinski definition) is 0. The van der Waals surface area contributed by atoms with Crippen molar-refractivity contribution in [1.29, 1.82) is 0 Å². The first kappa shape index (κ1) is 10.5. The summed E-state index contributed by atoms with van der Waals surface area (Å²) in [5.74, 6) is 2.15. The highest BCUT2D eigenvalue weighted by Gasteiger charge is 2.31. The summed E-state index contributed by atoms with van der Waals surface area (Å²) in [6.07, 6.45) is 5.14. The number of isocyanates is 1. The smallest absolute Gasteiger partial charge is 0.211 e. The Balaban J connectivity index is 2.52. The van der Waals surface area contributed by atoms with Gasteiger partial charge in [-0.25, -0.2) is 9.79 Å². The maximum absolute atomic E-state index is 9.99. The Morgan fingerprint density at radius 3 is 2.85 bits per heavy atom. The van der Waals surface area contributed by atoms with E-state index in [0.29, 0.717) is 12.0 Å². The molecule has 0 spiro atoms. The summed E-state index contributed by atoms with van der Waals surface area (Å²) in [6, 6.07) is 0. The fraction of sp³-hybridized carbons (Fsp3) is 0.818. The zero-order chi connectivity index (χ0) is 9.90. The highest BCUT2D eigenvalue weighted by Crippen LogP contribution is 2.42. The van der Waals surface area contributed by atoms with Gasteiger partial charge in [-0.3, -0.25) is 0 Å². The van der Waals surface area contributed by atoms with Gasteiger partial charge in [0, 0.05) is 0 Å². The minimum absolute atomic E-state index is 0.394. The monoisotopic (exact) mass is 180 g/mol. The molecule has 0 N–H and O–H groups in total. The van der Waals surface area contributed by atoms with Crippen LogP contribution in [0.15, 0.2) is 4.99 Å². The fourth-order valence-corrected chi connectivity index (χ4v) is 2.59. The van der Waals surface area contributed by atoms with Gasteiger partial charge in [-0.15, -0.1) is 0 Å². The molecule has 1 aliphatic carbocycles. The van der Waals surface area contributed by atoms with Crippen molar-refractivity contribution >= 4 is 6.08 Å². The summed E-state index contributed by atoms with van der Waals surface area (Å²) in [6.45, 7) is 7.43. The molecule has 0 heterocycles. The topological polar surface area (TPSA) is 29.4 Å². The van der Waals surface area contributed by atoms with Gasteiger partial charge in [0.2, 0.25) is 6.08 Å². The van der Waals surface area contributed by atoms with E-state index >= 15 is 0 Å². The molecule has 0 aromatic carbocycles. The van der Waals surface area contributed by atoms with Gasteiger partial charge in [-0.05, 0) is 36.5 Å². The summed E-state index contributed by atoms with van der Waals surface area (Å²) >= 11 is 0. The van der Waals surface area contributed by atoms with E-state index in [9.17, 15) is 4.79 Å². The van der Waals surface area contributed by atoms with Crippen LogP contribution in [0.1, 0.15) is 40.0 Å². The fourth-order valence-electron chi connectivity index (χ4n) is 2.59. The Bertz CT molecular complexity index is 216. The second-order valence-electron chi connectivity index (χ2n) is 5.01. The van der Waals surface area contributed by atoms with Crippen molar-refractivity contribution in [2.24, 2.45) is 16.3 Å². The molecule has 2 heteroatoms. The van der Waals surface area contributed by atoms with E-state index in [1.165, 1.54) is 12.3 Å². The summed E-state index contributed by atoms with van der Waals surface area (Å²) in [5.41, 5.74) is 0.394. The number of aliphatic imine (C=N–C) groups is 1. The van der Waals surface area contributed by atoms with E-state index < -0.39 is 0 Å². The van der Waals surface area contributed by atoms with Crippen LogP contribution in [0.4, 0.5) is 0 Å². The van der Waals surface area contributed by atoms with Crippen LogP contribution in [0.2, 0.25) is 0 Å². The molecule has 1 unspecified atom stereocenters. The zero-order valence-electron chi connectivity index (χ0n) is 8.76. The molecule has 0 aromatic heterocycles. The van der Waals surface area contributed by atoms with Crippen molar-refractivity contribution in [3.63, 3.8) is 0 Å². The second kappa shape index (κ2) is 4.06. The van der Waals surface area contributed by atoms with Crippen molar-refractivity contribution in [2.45, 2.75) is 40.0 Å². The van der Waals surface area contributed by atoms with Crippen LogP contribution < -0.4 is 0 Å². The molecule has 73 valence electrons. The van der Waals surface area contributed by atoms with Crippen molar-refractivity contribution in [3.05, 3.63) is 5.92 Å². The van der Waals surface area contributed by atoms with Gasteiger partial charge in [0.05, 0.1) is 6.54 Å². The third-order valence-electron chi connectivity index (χ3n) is 2.63. The summed E-state index contributed by atoms with van der Waals surface area (Å²) in [7, 11) is 0. The Morgan fingerprint density at radius 2 is 2.31 bits per heavy atom. The van der Waals surface area contributed by atoms with Crippen LogP contribution in [0.3, 0.4) is 0 Å². The summed E-state index contributed by atoms with van der Waals surface area (Å²) < 4.78 is 0. The lowest BCUT2D eigenvalue weighted by atomic mass is 9.68. The number of rotatable bonds is 2. The van der Waals surface area contributed by atoms with E-state index in [4.69, 9.17) is 0 Å². The number of nitrogens with zero attached hydrogens (tertiary/aromatic N) is 1. The molecule has 1 atom stereocenters. The first-order valence-corrected chi connectivity index (χ1v) is 4.91. The van der Waals surface area contributed by atoms with Crippen molar-refractivity contribution in [1.82, 2.24) is 0 Å². The molecule has 0 aromatic rings. The Morgan fingerprint density at radius 1 is 1.62 bits per heavy atom. The van der Waals surface area contributed by atoms with E-state index in [1.807, 2.05) is 0 Å². The molecule has 1 radical (unpaired) electrons. The quantitative estimate of drug-likeness (QED) is 0.474. The van der Waals surface area contributed by atoms with Gasteiger partial charge in [-0.1, -0.05) is 20.8 Å². The molecule has 1 aliphatic rings. The predicted octanol–water partition coefficient (Wildman–Crippen LogP) is 2.74. The SMILES string of the molecule is CC1C[C](CN=C=O)CC(C)(C)C1. The molecular weight excluding hydrogens is 162 g/mol. The van der Waals surface area contributed by atoms with Gasteiger partial charge < -0.3 is 0 Å². The van der Waals surface area contributed by atoms with Gasteiger partial charge in [0.1, 0.15) is 0 Å².